The molecule has 1 fully saturated rings. The Morgan fingerprint density at radius 2 is 1.89 bits per heavy atom. The Morgan fingerprint density at radius 1 is 1.03 bits per heavy atom. The number of hydrogen-bond donors (Lipinski definition) is 3. The fourth-order valence-electron chi connectivity index (χ4n) is 4.83. The van der Waals surface area contributed by atoms with E-state index in [1.165, 1.54) is 17.4 Å². The monoisotopic (exact) mass is 504 g/mol. The summed E-state index contributed by atoms with van der Waals surface area (Å²) in [6, 6.07) is 13.6. The van der Waals surface area contributed by atoms with E-state index in [0.29, 0.717) is 24.9 Å². The molecule has 6 rings (SSSR count). The van der Waals surface area contributed by atoms with Gasteiger partial charge in [-0.2, -0.15) is 4.98 Å². The van der Waals surface area contributed by atoms with Gasteiger partial charge in [-0.3, -0.25) is 0 Å². The Labute approximate surface area is 209 Å². The van der Waals surface area contributed by atoms with Gasteiger partial charge in [0.15, 0.2) is 9.84 Å². The molecule has 0 saturated carbocycles. The second kappa shape index (κ2) is 9.20. The first-order valence-corrected chi connectivity index (χ1v) is 14.0. The van der Waals surface area contributed by atoms with Gasteiger partial charge in [-0.25, -0.2) is 13.4 Å². The number of fused-ring (bicyclic) bond motifs is 2. The molecule has 0 spiro atoms. The number of hydrogen-bond acceptors (Lipinski definition) is 8. The number of aromatic nitrogens is 3. The zero-order valence-electron chi connectivity index (χ0n) is 20.0. The minimum absolute atomic E-state index is 0.247. The summed E-state index contributed by atoms with van der Waals surface area (Å²) < 4.78 is 30.4. The van der Waals surface area contributed by atoms with Crippen molar-refractivity contribution in [1.82, 2.24) is 20.3 Å². The number of morpholine rings is 1. The van der Waals surface area contributed by atoms with E-state index in [4.69, 9.17) is 14.7 Å². The summed E-state index contributed by atoms with van der Waals surface area (Å²) in [6.45, 7) is 4.56. The van der Waals surface area contributed by atoms with Crippen LogP contribution in [-0.4, -0.2) is 62.5 Å². The Morgan fingerprint density at radius 3 is 2.72 bits per heavy atom. The Balaban J connectivity index is 1.47. The lowest BCUT2D eigenvalue weighted by molar-refractivity contribution is 0.122. The van der Waals surface area contributed by atoms with E-state index in [-0.39, 0.29) is 4.90 Å². The van der Waals surface area contributed by atoms with Crippen molar-refractivity contribution in [2.75, 3.05) is 49.3 Å². The summed E-state index contributed by atoms with van der Waals surface area (Å²) in [7, 11) is -3.41. The molecule has 2 aliphatic heterocycles. The largest absolute Gasteiger partial charge is 0.378 e. The second-order valence-electron chi connectivity index (χ2n) is 9.25. The van der Waals surface area contributed by atoms with Crippen molar-refractivity contribution in [3.63, 3.8) is 0 Å². The fourth-order valence-corrected chi connectivity index (χ4v) is 5.50. The lowest BCUT2D eigenvalue weighted by Gasteiger charge is -2.28. The SMILES string of the molecule is CS(=O)(=O)c1cc(-c2cc(N3CCOCC3)nc(Nc3ccc4c(c3)CCNC4)n2)c2cc[nH]c2c1. The number of nitrogens with zero attached hydrogens (tertiary/aromatic N) is 3. The van der Waals surface area contributed by atoms with Crippen molar-refractivity contribution in [2.45, 2.75) is 17.9 Å². The second-order valence-corrected chi connectivity index (χ2v) is 11.3. The van der Waals surface area contributed by atoms with Crippen LogP contribution in [0.5, 0.6) is 0 Å². The molecular weight excluding hydrogens is 476 g/mol. The first-order chi connectivity index (χ1) is 17.4. The van der Waals surface area contributed by atoms with Crippen LogP contribution in [0.4, 0.5) is 17.5 Å². The van der Waals surface area contributed by atoms with Crippen LogP contribution in [-0.2, 0) is 27.5 Å². The molecular formula is C26H28N6O3S. The van der Waals surface area contributed by atoms with Gasteiger partial charge < -0.3 is 25.3 Å². The Kier molecular flexibility index (Phi) is 5.87. The van der Waals surface area contributed by atoms with Gasteiger partial charge in [0.2, 0.25) is 5.95 Å². The van der Waals surface area contributed by atoms with Crippen LogP contribution in [0.25, 0.3) is 22.2 Å². The minimum Gasteiger partial charge on any atom is -0.378 e. The van der Waals surface area contributed by atoms with E-state index < -0.39 is 9.84 Å². The molecule has 0 unspecified atom stereocenters. The lowest BCUT2D eigenvalue weighted by atomic mass is 10.0. The topological polar surface area (TPSA) is 112 Å². The lowest BCUT2D eigenvalue weighted by Crippen LogP contribution is -2.36. The highest BCUT2D eigenvalue weighted by atomic mass is 32.2. The summed E-state index contributed by atoms with van der Waals surface area (Å²) in [6.07, 6.45) is 4.01. The predicted octanol–water partition coefficient (Wildman–Crippen LogP) is 3.25. The molecule has 9 nitrogen and oxygen atoms in total. The third-order valence-electron chi connectivity index (χ3n) is 6.74. The molecule has 1 saturated heterocycles. The number of sulfone groups is 1. The number of anilines is 3. The van der Waals surface area contributed by atoms with Crippen LogP contribution < -0.4 is 15.5 Å². The number of rotatable bonds is 5. The first-order valence-electron chi connectivity index (χ1n) is 12.1. The average Bonchev–Trinajstić information content (AvgIpc) is 3.37. The van der Waals surface area contributed by atoms with Gasteiger partial charge in [0.25, 0.3) is 0 Å². The molecule has 186 valence electrons. The quantitative estimate of drug-likeness (QED) is 0.380. The summed E-state index contributed by atoms with van der Waals surface area (Å²) >= 11 is 0. The fraction of sp³-hybridized carbons (Fsp3) is 0.308. The molecule has 2 aromatic heterocycles. The maximum absolute atomic E-state index is 12.4. The highest BCUT2D eigenvalue weighted by molar-refractivity contribution is 7.90. The number of nitrogens with one attached hydrogen (secondary N) is 3. The molecule has 0 bridgehead atoms. The molecule has 36 heavy (non-hydrogen) atoms. The van der Waals surface area contributed by atoms with E-state index in [9.17, 15) is 8.42 Å². The number of aromatic amines is 1. The van der Waals surface area contributed by atoms with E-state index in [0.717, 1.165) is 60.6 Å². The molecule has 4 heterocycles. The summed E-state index contributed by atoms with van der Waals surface area (Å²) in [5.41, 5.74) is 5.70. The molecule has 2 aliphatic rings. The highest BCUT2D eigenvalue weighted by Gasteiger charge is 2.20. The van der Waals surface area contributed by atoms with E-state index in [1.54, 1.807) is 12.1 Å². The van der Waals surface area contributed by atoms with Crippen LogP contribution in [0.2, 0.25) is 0 Å². The van der Waals surface area contributed by atoms with E-state index in [1.807, 2.05) is 24.4 Å². The normalized spacial score (nSPS) is 16.2. The van der Waals surface area contributed by atoms with E-state index >= 15 is 0 Å². The van der Waals surface area contributed by atoms with Crippen LogP contribution in [0.1, 0.15) is 11.1 Å². The van der Waals surface area contributed by atoms with Crippen LogP contribution in [0.15, 0.2) is 53.6 Å². The van der Waals surface area contributed by atoms with Crippen LogP contribution >= 0.6 is 0 Å². The molecule has 2 aromatic carbocycles. The summed E-state index contributed by atoms with van der Waals surface area (Å²) in [5, 5.41) is 7.71. The molecule has 3 N–H and O–H groups in total. The third-order valence-corrected chi connectivity index (χ3v) is 7.84. The van der Waals surface area contributed by atoms with Crippen molar-refractivity contribution < 1.29 is 13.2 Å². The standard InChI is InChI=1S/C26H28N6O3S/c1-36(33,34)20-13-22(21-5-7-28-23(21)14-20)24-15-25(32-8-10-35-11-9-32)31-26(30-24)29-19-3-2-18-16-27-6-4-17(18)12-19/h2-3,5,7,12-15,27-28H,4,6,8-11,16H2,1H3,(H,29,30,31). The smallest absolute Gasteiger partial charge is 0.229 e. The minimum atomic E-state index is -3.41. The van der Waals surface area contributed by atoms with Crippen molar-refractivity contribution in [3.05, 3.63) is 59.8 Å². The molecule has 4 aromatic rings. The van der Waals surface area contributed by atoms with E-state index in [2.05, 4.69) is 32.7 Å². The van der Waals surface area contributed by atoms with Gasteiger partial charge in [0.1, 0.15) is 5.82 Å². The molecule has 0 amide bonds. The number of benzene rings is 2. The van der Waals surface area contributed by atoms with Gasteiger partial charge in [0, 0.05) is 60.3 Å². The van der Waals surface area contributed by atoms with Crippen molar-refractivity contribution >= 4 is 38.2 Å². The van der Waals surface area contributed by atoms with Crippen molar-refractivity contribution in [1.29, 1.82) is 0 Å². The zero-order chi connectivity index (χ0) is 24.7. The summed E-state index contributed by atoms with van der Waals surface area (Å²) in [5.74, 6) is 1.25. The Hall–Kier alpha value is -3.47. The molecule has 10 heteroatoms. The van der Waals surface area contributed by atoms with Crippen molar-refractivity contribution in [2.24, 2.45) is 0 Å². The summed E-state index contributed by atoms with van der Waals surface area (Å²) in [4.78, 5) is 15.3. The van der Waals surface area contributed by atoms with Gasteiger partial charge in [0.05, 0.1) is 23.8 Å². The van der Waals surface area contributed by atoms with Crippen LogP contribution in [0, 0.1) is 0 Å². The van der Waals surface area contributed by atoms with Gasteiger partial charge in [-0.1, -0.05) is 6.07 Å². The zero-order valence-corrected chi connectivity index (χ0v) is 20.9. The average molecular weight is 505 g/mol. The maximum atomic E-state index is 12.4. The van der Waals surface area contributed by atoms with Gasteiger partial charge >= 0.3 is 0 Å². The molecule has 0 radical (unpaired) electrons. The predicted molar refractivity (Wildman–Crippen MR) is 141 cm³/mol. The Bertz CT molecular complexity index is 1540. The number of H-pyrrole nitrogens is 1. The maximum Gasteiger partial charge on any atom is 0.229 e. The van der Waals surface area contributed by atoms with Crippen LogP contribution in [0.3, 0.4) is 0 Å². The molecule has 0 atom stereocenters. The molecule has 0 aliphatic carbocycles. The number of ether oxygens (including phenoxy) is 1. The van der Waals surface area contributed by atoms with Gasteiger partial charge in [-0.15, -0.1) is 0 Å². The van der Waals surface area contributed by atoms with Crippen molar-refractivity contribution in [3.8, 4) is 11.3 Å². The first kappa shape index (κ1) is 23.0. The highest BCUT2D eigenvalue weighted by Crippen LogP contribution is 2.33. The third kappa shape index (κ3) is 4.55. The van der Waals surface area contributed by atoms with Gasteiger partial charge in [-0.05, 0) is 54.4 Å².